The molecule has 2 rings (SSSR count). The summed E-state index contributed by atoms with van der Waals surface area (Å²) in [5, 5.41) is 3.54. The largest absolute Gasteiger partial charge is 0.374 e. The highest BCUT2D eigenvalue weighted by atomic mass is 15.1. The lowest BCUT2D eigenvalue weighted by molar-refractivity contribution is 0.616. The van der Waals surface area contributed by atoms with Crippen LogP contribution in [0, 0.1) is 0 Å². The van der Waals surface area contributed by atoms with E-state index in [4.69, 9.17) is 0 Å². The average Bonchev–Trinajstić information content (AvgIpc) is 2.39. The van der Waals surface area contributed by atoms with Crippen LogP contribution in [0.5, 0.6) is 0 Å². The van der Waals surface area contributed by atoms with E-state index in [1.54, 1.807) is 0 Å². The van der Waals surface area contributed by atoms with Crippen molar-refractivity contribution in [1.29, 1.82) is 0 Å². The number of nitrogens with one attached hydrogen (secondary N) is 1. The normalized spacial score (nSPS) is 14.7. The zero-order valence-corrected chi connectivity index (χ0v) is 11.8. The quantitative estimate of drug-likeness (QED) is 0.774. The van der Waals surface area contributed by atoms with E-state index < -0.39 is 0 Å². The van der Waals surface area contributed by atoms with Crippen molar-refractivity contribution in [2.45, 2.75) is 45.6 Å². The van der Waals surface area contributed by atoms with Crippen LogP contribution in [0.25, 0.3) is 0 Å². The molecule has 0 amide bonds. The van der Waals surface area contributed by atoms with Crippen molar-refractivity contribution < 1.29 is 0 Å². The summed E-state index contributed by atoms with van der Waals surface area (Å²) in [6.07, 6.45) is 6.46. The summed E-state index contributed by atoms with van der Waals surface area (Å²) >= 11 is 0. The zero-order valence-electron chi connectivity index (χ0n) is 11.8. The molecule has 0 aromatic heterocycles. The molecule has 1 heterocycles. The Hall–Kier alpha value is -1.02. The maximum Gasteiger partial charge on any atom is 0.0396 e. The Bertz CT molecular complexity index is 373. The first-order valence-electron chi connectivity index (χ1n) is 7.35. The van der Waals surface area contributed by atoms with Gasteiger partial charge in [0.2, 0.25) is 0 Å². The number of anilines is 1. The Morgan fingerprint density at radius 1 is 1.28 bits per heavy atom. The van der Waals surface area contributed by atoms with E-state index in [0.717, 1.165) is 13.1 Å². The summed E-state index contributed by atoms with van der Waals surface area (Å²) in [6.45, 7) is 5.60. The van der Waals surface area contributed by atoms with E-state index in [9.17, 15) is 0 Å². The SMILES string of the molecule is CCCCCNCc1ccc2c(c1)CCCN2C. The Kier molecular flexibility index (Phi) is 5.06. The second-order valence-electron chi connectivity index (χ2n) is 5.37. The van der Waals surface area contributed by atoms with E-state index >= 15 is 0 Å². The first-order chi connectivity index (χ1) is 8.81. The minimum absolute atomic E-state index is 1.01. The minimum Gasteiger partial charge on any atom is -0.374 e. The zero-order chi connectivity index (χ0) is 12.8. The number of unbranched alkanes of at least 4 members (excludes halogenated alkanes) is 2. The van der Waals surface area contributed by atoms with Crippen molar-refractivity contribution in [3.8, 4) is 0 Å². The number of rotatable bonds is 6. The second kappa shape index (κ2) is 6.79. The first-order valence-corrected chi connectivity index (χ1v) is 7.35. The maximum absolute atomic E-state index is 3.54. The Labute approximate surface area is 111 Å². The molecule has 0 unspecified atom stereocenters. The van der Waals surface area contributed by atoms with Gasteiger partial charge in [0.05, 0.1) is 0 Å². The number of hydrogen-bond donors (Lipinski definition) is 1. The van der Waals surface area contributed by atoms with Gasteiger partial charge in [-0.15, -0.1) is 0 Å². The Morgan fingerprint density at radius 2 is 2.17 bits per heavy atom. The minimum atomic E-state index is 1.01. The fourth-order valence-electron chi connectivity index (χ4n) is 2.68. The van der Waals surface area contributed by atoms with Gasteiger partial charge in [-0.1, -0.05) is 31.9 Å². The van der Waals surface area contributed by atoms with Crippen LogP contribution in [-0.4, -0.2) is 20.1 Å². The molecule has 0 spiro atoms. The number of benzene rings is 1. The van der Waals surface area contributed by atoms with Crippen LogP contribution in [-0.2, 0) is 13.0 Å². The van der Waals surface area contributed by atoms with Crippen LogP contribution in [0.3, 0.4) is 0 Å². The number of hydrogen-bond acceptors (Lipinski definition) is 2. The molecule has 0 aliphatic carbocycles. The smallest absolute Gasteiger partial charge is 0.0396 e. The molecule has 0 saturated carbocycles. The summed E-state index contributed by atoms with van der Waals surface area (Å²) in [4.78, 5) is 2.37. The molecule has 1 aromatic carbocycles. The number of nitrogens with zero attached hydrogens (tertiary/aromatic N) is 1. The van der Waals surface area contributed by atoms with Gasteiger partial charge in [-0.3, -0.25) is 0 Å². The van der Waals surface area contributed by atoms with Crippen molar-refractivity contribution in [3.05, 3.63) is 29.3 Å². The van der Waals surface area contributed by atoms with E-state index in [2.05, 4.69) is 42.4 Å². The molecule has 0 bridgehead atoms. The van der Waals surface area contributed by atoms with Gasteiger partial charge in [0.15, 0.2) is 0 Å². The van der Waals surface area contributed by atoms with Crippen molar-refractivity contribution >= 4 is 5.69 Å². The molecule has 100 valence electrons. The van der Waals surface area contributed by atoms with Crippen LogP contribution in [0.2, 0.25) is 0 Å². The van der Waals surface area contributed by atoms with Crippen LogP contribution in [0.1, 0.15) is 43.7 Å². The van der Waals surface area contributed by atoms with Crippen LogP contribution >= 0.6 is 0 Å². The summed E-state index contributed by atoms with van der Waals surface area (Å²) in [6, 6.07) is 6.95. The highest BCUT2D eigenvalue weighted by Crippen LogP contribution is 2.26. The summed E-state index contributed by atoms with van der Waals surface area (Å²) in [5.74, 6) is 0. The highest BCUT2D eigenvalue weighted by molar-refractivity contribution is 5.56. The Balaban J connectivity index is 1.87. The summed E-state index contributed by atoms with van der Waals surface area (Å²) < 4.78 is 0. The van der Waals surface area contributed by atoms with Crippen molar-refractivity contribution in [2.24, 2.45) is 0 Å². The van der Waals surface area contributed by atoms with E-state index in [0.29, 0.717) is 0 Å². The monoisotopic (exact) mass is 246 g/mol. The molecule has 0 radical (unpaired) electrons. The fourth-order valence-corrected chi connectivity index (χ4v) is 2.68. The van der Waals surface area contributed by atoms with E-state index in [1.165, 1.54) is 55.5 Å². The van der Waals surface area contributed by atoms with Gasteiger partial charge in [-0.25, -0.2) is 0 Å². The van der Waals surface area contributed by atoms with Gasteiger partial charge in [0, 0.05) is 25.8 Å². The highest BCUT2D eigenvalue weighted by Gasteiger charge is 2.13. The molecule has 0 saturated heterocycles. The van der Waals surface area contributed by atoms with Crippen molar-refractivity contribution in [3.63, 3.8) is 0 Å². The third-order valence-corrected chi connectivity index (χ3v) is 3.78. The average molecular weight is 246 g/mol. The third-order valence-electron chi connectivity index (χ3n) is 3.78. The van der Waals surface area contributed by atoms with Crippen molar-refractivity contribution in [1.82, 2.24) is 5.32 Å². The van der Waals surface area contributed by atoms with Crippen LogP contribution < -0.4 is 10.2 Å². The maximum atomic E-state index is 3.54. The molecule has 0 atom stereocenters. The first kappa shape index (κ1) is 13.4. The molecule has 1 aliphatic rings. The van der Waals surface area contributed by atoms with Gasteiger partial charge in [0.1, 0.15) is 0 Å². The summed E-state index contributed by atoms with van der Waals surface area (Å²) in [5.41, 5.74) is 4.38. The fraction of sp³-hybridized carbons (Fsp3) is 0.625. The predicted molar refractivity (Wildman–Crippen MR) is 79.3 cm³/mol. The van der Waals surface area contributed by atoms with Crippen LogP contribution in [0.4, 0.5) is 5.69 Å². The predicted octanol–water partition coefficient (Wildman–Crippen LogP) is 3.35. The standard InChI is InChI=1S/C16H26N2/c1-3-4-5-10-17-13-14-8-9-16-15(12-14)7-6-11-18(16)2/h8-9,12,17H,3-7,10-11,13H2,1-2H3. The Morgan fingerprint density at radius 3 is 3.00 bits per heavy atom. The second-order valence-corrected chi connectivity index (χ2v) is 5.37. The lowest BCUT2D eigenvalue weighted by Gasteiger charge is -2.27. The molecule has 1 aliphatic heterocycles. The van der Waals surface area contributed by atoms with Gasteiger partial charge in [0.25, 0.3) is 0 Å². The van der Waals surface area contributed by atoms with Gasteiger partial charge >= 0.3 is 0 Å². The third kappa shape index (κ3) is 3.49. The molecule has 18 heavy (non-hydrogen) atoms. The van der Waals surface area contributed by atoms with Gasteiger partial charge < -0.3 is 10.2 Å². The van der Waals surface area contributed by atoms with Gasteiger partial charge in [-0.05, 0) is 43.0 Å². The van der Waals surface area contributed by atoms with Crippen LogP contribution in [0.15, 0.2) is 18.2 Å². The summed E-state index contributed by atoms with van der Waals surface area (Å²) in [7, 11) is 2.20. The molecule has 2 nitrogen and oxygen atoms in total. The lowest BCUT2D eigenvalue weighted by Crippen LogP contribution is -2.25. The molecular formula is C16H26N2. The molecule has 0 fully saturated rings. The van der Waals surface area contributed by atoms with Crippen molar-refractivity contribution in [2.75, 3.05) is 25.0 Å². The molecule has 1 aromatic rings. The van der Waals surface area contributed by atoms with E-state index in [1.807, 2.05) is 0 Å². The topological polar surface area (TPSA) is 15.3 Å². The van der Waals surface area contributed by atoms with Gasteiger partial charge in [-0.2, -0.15) is 0 Å². The molecule has 1 N–H and O–H groups in total. The molecular weight excluding hydrogens is 220 g/mol. The van der Waals surface area contributed by atoms with E-state index in [-0.39, 0.29) is 0 Å². The number of fused-ring (bicyclic) bond motifs is 1. The molecule has 2 heteroatoms. The number of aryl methyl sites for hydroxylation is 1. The lowest BCUT2D eigenvalue weighted by atomic mass is 9.99.